The highest BCUT2D eigenvalue weighted by Gasteiger charge is 2.25. The number of halogens is 1. The fraction of sp³-hybridized carbons (Fsp3) is 0.400. The van der Waals surface area contributed by atoms with E-state index in [4.69, 9.17) is 16.2 Å². The van der Waals surface area contributed by atoms with E-state index in [-0.39, 0.29) is 24.7 Å². The summed E-state index contributed by atoms with van der Waals surface area (Å²) in [6.07, 6.45) is 1.09. The number of nitrogens with one attached hydrogen (secondary N) is 1. The first kappa shape index (κ1) is 19.7. The Labute approximate surface area is 145 Å². The average molecular weight is 357 g/mol. The SMILES string of the molecule is COc1cc(NC(=O)C(N)CC(N)=O)ccc1N1CCCC1=O.Cl. The van der Waals surface area contributed by atoms with Gasteiger partial charge in [-0.05, 0) is 18.6 Å². The predicted octanol–water partition coefficient (Wildman–Crippen LogP) is 0.385. The van der Waals surface area contributed by atoms with Crippen molar-refractivity contribution in [1.82, 2.24) is 0 Å². The zero-order chi connectivity index (χ0) is 17.0. The van der Waals surface area contributed by atoms with Crippen molar-refractivity contribution in [2.45, 2.75) is 25.3 Å². The monoisotopic (exact) mass is 356 g/mol. The molecule has 0 bridgehead atoms. The van der Waals surface area contributed by atoms with Crippen LogP contribution >= 0.6 is 12.4 Å². The summed E-state index contributed by atoms with van der Waals surface area (Å²) in [4.78, 5) is 36.2. The molecule has 24 heavy (non-hydrogen) atoms. The Kier molecular flexibility index (Phi) is 6.99. The van der Waals surface area contributed by atoms with Crippen molar-refractivity contribution in [2.24, 2.45) is 11.5 Å². The van der Waals surface area contributed by atoms with Crippen LogP contribution in [0.1, 0.15) is 19.3 Å². The summed E-state index contributed by atoms with van der Waals surface area (Å²) in [6.45, 7) is 0.643. The van der Waals surface area contributed by atoms with Crippen LogP contribution in [0.4, 0.5) is 11.4 Å². The zero-order valence-electron chi connectivity index (χ0n) is 13.3. The first-order valence-corrected chi connectivity index (χ1v) is 7.25. The largest absolute Gasteiger partial charge is 0.494 e. The first-order chi connectivity index (χ1) is 10.9. The zero-order valence-corrected chi connectivity index (χ0v) is 14.1. The lowest BCUT2D eigenvalue weighted by Gasteiger charge is -2.20. The molecule has 9 heteroatoms. The molecule has 1 aromatic carbocycles. The van der Waals surface area contributed by atoms with Gasteiger partial charge in [0, 0.05) is 24.7 Å². The Morgan fingerprint density at radius 2 is 2.12 bits per heavy atom. The van der Waals surface area contributed by atoms with Crippen molar-refractivity contribution in [3.8, 4) is 5.75 Å². The van der Waals surface area contributed by atoms with E-state index in [1.807, 2.05) is 0 Å². The smallest absolute Gasteiger partial charge is 0.241 e. The Bertz CT molecular complexity index is 638. The second-order valence-corrected chi connectivity index (χ2v) is 5.30. The number of hydrogen-bond donors (Lipinski definition) is 3. The van der Waals surface area contributed by atoms with Crippen LogP contribution < -0.4 is 26.4 Å². The Hall–Kier alpha value is -2.32. The second kappa shape index (κ2) is 8.51. The van der Waals surface area contributed by atoms with Gasteiger partial charge < -0.3 is 26.4 Å². The summed E-state index contributed by atoms with van der Waals surface area (Å²) >= 11 is 0. The maximum atomic E-state index is 11.9. The van der Waals surface area contributed by atoms with Crippen molar-refractivity contribution in [3.05, 3.63) is 18.2 Å². The van der Waals surface area contributed by atoms with E-state index < -0.39 is 17.9 Å². The predicted molar refractivity (Wildman–Crippen MR) is 92.2 cm³/mol. The minimum atomic E-state index is -1.02. The van der Waals surface area contributed by atoms with Crippen molar-refractivity contribution in [1.29, 1.82) is 0 Å². The van der Waals surface area contributed by atoms with E-state index in [0.717, 1.165) is 6.42 Å². The molecule has 0 spiro atoms. The highest BCUT2D eigenvalue weighted by molar-refractivity contribution is 5.99. The Morgan fingerprint density at radius 3 is 2.67 bits per heavy atom. The topological polar surface area (TPSA) is 128 Å². The number of primary amides is 1. The van der Waals surface area contributed by atoms with Crippen molar-refractivity contribution in [3.63, 3.8) is 0 Å². The third kappa shape index (κ3) is 4.59. The molecule has 0 radical (unpaired) electrons. The van der Waals surface area contributed by atoms with Crippen LogP contribution in [-0.4, -0.2) is 37.4 Å². The van der Waals surface area contributed by atoms with Crippen LogP contribution in [0.15, 0.2) is 18.2 Å². The molecule has 1 aliphatic rings. The van der Waals surface area contributed by atoms with Gasteiger partial charge >= 0.3 is 0 Å². The molecule has 8 nitrogen and oxygen atoms in total. The van der Waals surface area contributed by atoms with Crippen LogP contribution in [-0.2, 0) is 14.4 Å². The summed E-state index contributed by atoms with van der Waals surface area (Å²) in [5, 5.41) is 2.60. The molecule has 1 aliphatic heterocycles. The van der Waals surface area contributed by atoms with E-state index >= 15 is 0 Å². The lowest BCUT2D eigenvalue weighted by Crippen LogP contribution is -2.39. The number of amides is 3. The Balaban J connectivity index is 0.00000288. The van der Waals surface area contributed by atoms with E-state index in [1.54, 1.807) is 23.1 Å². The van der Waals surface area contributed by atoms with Crippen LogP contribution in [0, 0.1) is 0 Å². The summed E-state index contributed by atoms with van der Waals surface area (Å²) in [7, 11) is 1.49. The second-order valence-electron chi connectivity index (χ2n) is 5.30. The van der Waals surface area contributed by atoms with Crippen LogP contribution in [0.3, 0.4) is 0 Å². The molecule has 1 aromatic rings. The van der Waals surface area contributed by atoms with E-state index in [1.165, 1.54) is 7.11 Å². The number of carbonyl (C=O) groups is 3. The van der Waals surface area contributed by atoms with Gasteiger partial charge in [0.05, 0.1) is 25.3 Å². The highest BCUT2D eigenvalue weighted by atomic mass is 35.5. The van der Waals surface area contributed by atoms with Crippen LogP contribution in [0.25, 0.3) is 0 Å². The molecule has 132 valence electrons. The molecule has 5 N–H and O–H groups in total. The molecule has 0 aliphatic carbocycles. The quantitative estimate of drug-likeness (QED) is 0.679. The fourth-order valence-electron chi connectivity index (χ4n) is 2.43. The van der Waals surface area contributed by atoms with E-state index in [0.29, 0.717) is 30.1 Å². The van der Waals surface area contributed by atoms with Gasteiger partial charge in [-0.1, -0.05) is 0 Å². The van der Waals surface area contributed by atoms with Gasteiger partial charge in [-0.3, -0.25) is 14.4 Å². The maximum Gasteiger partial charge on any atom is 0.241 e. The summed E-state index contributed by atoms with van der Waals surface area (Å²) in [5.41, 5.74) is 11.7. The maximum absolute atomic E-state index is 11.9. The van der Waals surface area contributed by atoms with Gasteiger partial charge in [-0.25, -0.2) is 0 Å². The van der Waals surface area contributed by atoms with Gasteiger partial charge in [-0.2, -0.15) is 0 Å². The van der Waals surface area contributed by atoms with E-state index in [9.17, 15) is 14.4 Å². The van der Waals surface area contributed by atoms with Crippen molar-refractivity contribution >= 4 is 41.5 Å². The minimum Gasteiger partial charge on any atom is -0.494 e. The summed E-state index contributed by atoms with van der Waals surface area (Å²) < 4.78 is 5.30. The number of rotatable bonds is 6. The lowest BCUT2D eigenvalue weighted by atomic mass is 10.2. The molecule has 0 aromatic heterocycles. The summed E-state index contributed by atoms with van der Waals surface area (Å²) in [5.74, 6) is -0.644. The molecule has 1 heterocycles. The number of nitrogens with two attached hydrogens (primary N) is 2. The molecular weight excluding hydrogens is 336 g/mol. The van der Waals surface area contributed by atoms with E-state index in [2.05, 4.69) is 5.32 Å². The highest BCUT2D eigenvalue weighted by Crippen LogP contribution is 2.33. The number of nitrogens with zero attached hydrogens (tertiary/aromatic N) is 1. The molecule has 0 saturated carbocycles. The normalized spacial score (nSPS) is 14.8. The number of carbonyl (C=O) groups excluding carboxylic acids is 3. The van der Waals surface area contributed by atoms with Gasteiger partial charge in [0.2, 0.25) is 17.7 Å². The number of benzene rings is 1. The van der Waals surface area contributed by atoms with Crippen molar-refractivity contribution < 1.29 is 19.1 Å². The fourth-order valence-corrected chi connectivity index (χ4v) is 2.43. The van der Waals surface area contributed by atoms with Gasteiger partial charge in [0.25, 0.3) is 0 Å². The third-order valence-electron chi connectivity index (χ3n) is 3.57. The average Bonchev–Trinajstić information content (AvgIpc) is 2.92. The lowest BCUT2D eigenvalue weighted by molar-refractivity contribution is -0.123. The molecule has 1 atom stereocenters. The molecular formula is C15H21ClN4O4. The van der Waals surface area contributed by atoms with Gasteiger partial charge in [0.15, 0.2) is 0 Å². The molecule has 1 unspecified atom stereocenters. The Morgan fingerprint density at radius 1 is 1.42 bits per heavy atom. The number of hydrogen-bond acceptors (Lipinski definition) is 5. The molecule has 1 fully saturated rings. The molecule has 3 amide bonds. The van der Waals surface area contributed by atoms with Crippen molar-refractivity contribution in [2.75, 3.05) is 23.9 Å². The van der Waals surface area contributed by atoms with Gasteiger partial charge in [0.1, 0.15) is 5.75 Å². The third-order valence-corrected chi connectivity index (χ3v) is 3.57. The van der Waals surface area contributed by atoms with Crippen LogP contribution in [0.2, 0.25) is 0 Å². The number of methoxy groups -OCH3 is 1. The standard InChI is InChI=1S/C15H20N4O4.ClH/c1-23-12-7-9(18-15(22)10(16)8-13(17)20)4-5-11(12)19-6-2-3-14(19)21;/h4-5,7,10H,2-3,6,8,16H2,1H3,(H2,17,20)(H,18,22);1H. The minimum absolute atomic E-state index is 0. The summed E-state index contributed by atoms with van der Waals surface area (Å²) in [6, 6.07) is 3.95. The number of ether oxygens (including phenoxy) is 1. The van der Waals surface area contributed by atoms with Gasteiger partial charge in [-0.15, -0.1) is 12.4 Å². The molecule has 2 rings (SSSR count). The number of anilines is 2. The first-order valence-electron chi connectivity index (χ1n) is 7.25. The van der Waals surface area contributed by atoms with Crippen LogP contribution in [0.5, 0.6) is 5.75 Å². The molecule has 1 saturated heterocycles.